The van der Waals surface area contributed by atoms with Gasteiger partial charge in [0.2, 0.25) is 11.8 Å². The van der Waals surface area contributed by atoms with E-state index in [1.807, 2.05) is 6.07 Å². The maximum atomic E-state index is 12.5. The molecule has 0 bridgehead atoms. The molecular weight excluding hydrogens is 360 g/mol. The summed E-state index contributed by atoms with van der Waals surface area (Å²) in [5.41, 5.74) is 2.19. The second kappa shape index (κ2) is 7.03. The normalized spacial score (nSPS) is 13.8. The van der Waals surface area contributed by atoms with Crippen LogP contribution in [-0.2, 0) is 9.59 Å². The first-order valence-electron chi connectivity index (χ1n) is 8.65. The van der Waals surface area contributed by atoms with Crippen molar-refractivity contribution in [2.75, 3.05) is 10.2 Å². The number of tetrazole rings is 1. The van der Waals surface area contributed by atoms with E-state index in [1.165, 1.54) is 0 Å². The van der Waals surface area contributed by atoms with Gasteiger partial charge in [0.25, 0.3) is 5.91 Å². The molecule has 1 aromatic heterocycles. The zero-order chi connectivity index (χ0) is 19.7. The van der Waals surface area contributed by atoms with Gasteiger partial charge in [0.1, 0.15) is 0 Å². The number of carbonyl (C=O) groups is 3. The van der Waals surface area contributed by atoms with Crippen molar-refractivity contribution >= 4 is 29.1 Å². The van der Waals surface area contributed by atoms with Gasteiger partial charge in [-0.1, -0.05) is 6.07 Å². The minimum Gasteiger partial charge on any atom is -0.322 e. The Bertz CT molecular complexity index is 1060. The van der Waals surface area contributed by atoms with E-state index in [-0.39, 0.29) is 30.6 Å². The molecule has 0 atom stereocenters. The van der Waals surface area contributed by atoms with E-state index >= 15 is 0 Å². The topological polar surface area (TPSA) is 110 Å². The maximum Gasteiger partial charge on any atom is 0.255 e. The zero-order valence-corrected chi connectivity index (χ0v) is 15.0. The van der Waals surface area contributed by atoms with Crippen LogP contribution in [0.15, 0.2) is 48.5 Å². The highest BCUT2D eigenvalue weighted by Gasteiger charge is 2.30. The molecule has 1 aliphatic rings. The Balaban J connectivity index is 1.51. The van der Waals surface area contributed by atoms with Crippen molar-refractivity contribution in [1.82, 2.24) is 20.2 Å². The molecule has 28 heavy (non-hydrogen) atoms. The van der Waals surface area contributed by atoms with Gasteiger partial charge < -0.3 is 5.32 Å². The third kappa shape index (κ3) is 3.25. The van der Waals surface area contributed by atoms with Crippen LogP contribution in [0.1, 0.15) is 29.0 Å². The van der Waals surface area contributed by atoms with Crippen LogP contribution in [0.5, 0.6) is 0 Å². The van der Waals surface area contributed by atoms with Crippen molar-refractivity contribution in [3.63, 3.8) is 0 Å². The van der Waals surface area contributed by atoms with Gasteiger partial charge in [-0.3, -0.25) is 19.3 Å². The number of aromatic nitrogens is 4. The maximum absolute atomic E-state index is 12.5. The fraction of sp³-hybridized carbons (Fsp3) is 0.158. The van der Waals surface area contributed by atoms with E-state index in [9.17, 15) is 14.4 Å². The summed E-state index contributed by atoms with van der Waals surface area (Å²) >= 11 is 0. The third-order valence-corrected chi connectivity index (χ3v) is 4.41. The molecule has 9 nitrogen and oxygen atoms in total. The number of hydrogen-bond donors (Lipinski definition) is 1. The van der Waals surface area contributed by atoms with Crippen LogP contribution >= 0.6 is 0 Å². The standard InChI is InChI=1S/C19H16N6O3/c1-12-21-22-23-25(12)16-4-2-3-14(11-16)20-19(28)13-5-7-15(8-6-13)24-17(26)9-10-18(24)27/h2-8,11H,9-10H2,1H3,(H,20,28). The van der Waals surface area contributed by atoms with Crippen LogP contribution in [0.25, 0.3) is 5.69 Å². The van der Waals surface area contributed by atoms with Crippen molar-refractivity contribution < 1.29 is 14.4 Å². The fourth-order valence-corrected chi connectivity index (χ4v) is 3.02. The molecule has 3 amide bonds. The predicted octanol–water partition coefficient (Wildman–Crippen LogP) is 1.88. The summed E-state index contributed by atoms with van der Waals surface area (Å²) in [5.74, 6) is -0.130. The fourth-order valence-electron chi connectivity index (χ4n) is 3.02. The van der Waals surface area contributed by atoms with Gasteiger partial charge in [-0.2, -0.15) is 4.68 Å². The highest BCUT2D eigenvalue weighted by Crippen LogP contribution is 2.23. The summed E-state index contributed by atoms with van der Waals surface area (Å²) < 4.78 is 1.56. The lowest BCUT2D eigenvalue weighted by Crippen LogP contribution is -2.28. The molecule has 2 aromatic carbocycles. The SMILES string of the molecule is Cc1nnnn1-c1cccc(NC(=O)c2ccc(N3C(=O)CCC3=O)cc2)c1. The molecule has 1 aliphatic heterocycles. The van der Waals surface area contributed by atoms with Crippen LogP contribution in [0.3, 0.4) is 0 Å². The number of benzene rings is 2. The Morgan fingerprint density at radius 2 is 1.71 bits per heavy atom. The number of amides is 3. The van der Waals surface area contributed by atoms with Crippen molar-refractivity contribution in [2.24, 2.45) is 0 Å². The van der Waals surface area contributed by atoms with Crippen LogP contribution in [-0.4, -0.2) is 37.9 Å². The van der Waals surface area contributed by atoms with Crippen molar-refractivity contribution in [1.29, 1.82) is 0 Å². The second-order valence-corrected chi connectivity index (χ2v) is 6.31. The Hall–Kier alpha value is -3.88. The second-order valence-electron chi connectivity index (χ2n) is 6.31. The molecule has 9 heteroatoms. The van der Waals surface area contributed by atoms with Gasteiger partial charge in [0.15, 0.2) is 5.82 Å². The van der Waals surface area contributed by atoms with Gasteiger partial charge in [-0.05, 0) is 59.8 Å². The highest BCUT2D eigenvalue weighted by atomic mass is 16.2. The zero-order valence-electron chi connectivity index (χ0n) is 15.0. The van der Waals surface area contributed by atoms with E-state index in [0.717, 1.165) is 10.6 Å². The first-order valence-corrected chi connectivity index (χ1v) is 8.65. The summed E-state index contributed by atoms with van der Waals surface area (Å²) in [5, 5.41) is 14.2. The van der Waals surface area contributed by atoms with Crippen molar-refractivity contribution in [3.8, 4) is 5.69 Å². The summed E-state index contributed by atoms with van der Waals surface area (Å²) in [6.45, 7) is 1.78. The average Bonchev–Trinajstić information content (AvgIpc) is 3.27. The summed E-state index contributed by atoms with van der Waals surface area (Å²) in [4.78, 5) is 37.3. The molecule has 4 rings (SSSR count). The van der Waals surface area contributed by atoms with E-state index in [2.05, 4.69) is 20.8 Å². The van der Waals surface area contributed by atoms with Gasteiger partial charge in [-0.15, -0.1) is 5.10 Å². The van der Waals surface area contributed by atoms with Crippen LogP contribution in [0.4, 0.5) is 11.4 Å². The summed E-state index contributed by atoms with van der Waals surface area (Å²) in [6.07, 6.45) is 0.441. The van der Waals surface area contributed by atoms with Crippen LogP contribution < -0.4 is 10.2 Å². The quantitative estimate of drug-likeness (QED) is 0.696. The number of hydrogen-bond acceptors (Lipinski definition) is 6. The largest absolute Gasteiger partial charge is 0.322 e. The number of aryl methyl sites for hydroxylation is 1. The Labute approximate surface area is 160 Å². The first kappa shape index (κ1) is 17.5. The van der Waals surface area contributed by atoms with Gasteiger partial charge in [0.05, 0.1) is 11.4 Å². The van der Waals surface area contributed by atoms with Gasteiger partial charge >= 0.3 is 0 Å². The number of carbonyl (C=O) groups excluding carboxylic acids is 3. The molecule has 0 spiro atoms. The smallest absolute Gasteiger partial charge is 0.255 e. The molecule has 3 aromatic rings. The molecule has 1 saturated heterocycles. The Kier molecular flexibility index (Phi) is 4.40. The number of imide groups is 1. The lowest BCUT2D eigenvalue weighted by atomic mass is 10.1. The van der Waals surface area contributed by atoms with Crippen LogP contribution in [0.2, 0.25) is 0 Å². The molecule has 140 valence electrons. The average molecular weight is 376 g/mol. The Morgan fingerprint density at radius 1 is 1.00 bits per heavy atom. The lowest BCUT2D eigenvalue weighted by Gasteiger charge is -2.14. The molecule has 1 fully saturated rings. The first-order chi connectivity index (χ1) is 13.5. The molecular formula is C19H16N6O3. The van der Waals surface area contributed by atoms with Gasteiger partial charge in [0, 0.05) is 24.1 Å². The van der Waals surface area contributed by atoms with E-state index in [4.69, 9.17) is 0 Å². The van der Waals surface area contributed by atoms with Gasteiger partial charge in [-0.25, -0.2) is 0 Å². The third-order valence-electron chi connectivity index (χ3n) is 4.41. The molecule has 0 saturated carbocycles. The molecule has 0 unspecified atom stereocenters. The monoisotopic (exact) mass is 376 g/mol. The van der Waals surface area contributed by atoms with E-state index in [1.54, 1.807) is 54.1 Å². The Morgan fingerprint density at radius 3 is 2.36 bits per heavy atom. The van der Waals surface area contributed by atoms with Crippen molar-refractivity contribution in [3.05, 3.63) is 59.9 Å². The number of anilines is 2. The summed E-state index contributed by atoms with van der Waals surface area (Å²) in [6, 6.07) is 13.5. The van der Waals surface area contributed by atoms with E-state index < -0.39 is 0 Å². The molecule has 0 radical (unpaired) electrons. The predicted molar refractivity (Wildman–Crippen MR) is 100 cm³/mol. The number of nitrogens with one attached hydrogen (secondary N) is 1. The molecule has 1 N–H and O–H groups in total. The minimum absolute atomic E-state index is 0.220. The lowest BCUT2D eigenvalue weighted by molar-refractivity contribution is -0.121. The summed E-state index contributed by atoms with van der Waals surface area (Å²) in [7, 11) is 0. The minimum atomic E-state index is -0.309. The van der Waals surface area contributed by atoms with Crippen LogP contribution in [0, 0.1) is 6.92 Å². The molecule has 2 heterocycles. The molecule has 0 aliphatic carbocycles. The highest BCUT2D eigenvalue weighted by molar-refractivity contribution is 6.20. The number of nitrogens with zero attached hydrogens (tertiary/aromatic N) is 5. The number of rotatable bonds is 4. The van der Waals surface area contributed by atoms with Crippen molar-refractivity contribution in [2.45, 2.75) is 19.8 Å². The van der Waals surface area contributed by atoms with E-state index in [0.29, 0.717) is 22.8 Å².